The SMILES string of the molecule is CCNCc1cnc(N(C)CCN2CCCC2)c(C)c1. The highest BCUT2D eigenvalue weighted by Gasteiger charge is 2.13. The second kappa shape index (κ2) is 7.60. The van der Waals surface area contributed by atoms with Crippen LogP contribution in [0.25, 0.3) is 0 Å². The summed E-state index contributed by atoms with van der Waals surface area (Å²) in [4.78, 5) is 9.47. The molecule has 0 bridgehead atoms. The molecule has 0 atom stereocenters. The van der Waals surface area contributed by atoms with Crippen LogP contribution in [0.2, 0.25) is 0 Å². The molecule has 112 valence electrons. The lowest BCUT2D eigenvalue weighted by atomic mass is 10.2. The van der Waals surface area contributed by atoms with E-state index in [0.717, 1.165) is 32.0 Å². The van der Waals surface area contributed by atoms with Crippen molar-refractivity contribution >= 4 is 5.82 Å². The van der Waals surface area contributed by atoms with Crippen LogP contribution in [0.1, 0.15) is 30.9 Å². The van der Waals surface area contributed by atoms with Crippen LogP contribution >= 0.6 is 0 Å². The van der Waals surface area contributed by atoms with Crippen LogP contribution < -0.4 is 10.2 Å². The standard InChI is InChI=1S/C16H28N4/c1-4-17-12-15-11-14(2)16(18-13-15)19(3)9-10-20-7-5-6-8-20/h11,13,17H,4-10,12H2,1-3H3. The van der Waals surface area contributed by atoms with Gasteiger partial charge in [0, 0.05) is 32.9 Å². The zero-order valence-corrected chi connectivity index (χ0v) is 13.2. The molecular weight excluding hydrogens is 248 g/mol. The third-order valence-corrected chi connectivity index (χ3v) is 4.00. The summed E-state index contributed by atoms with van der Waals surface area (Å²) in [5.41, 5.74) is 2.53. The van der Waals surface area contributed by atoms with E-state index in [1.54, 1.807) is 0 Å². The quantitative estimate of drug-likeness (QED) is 0.826. The molecule has 4 heteroatoms. The Morgan fingerprint density at radius 2 is 2.10 bits per heavy atom. The molecule has 0 unspecified atom stereocenters. The van der Waals surface area contributed by atoms with E-state index >= 15 is 0 Å². The minimum Gasteiger partial charge on any atom is -0.358 e. The normalized spacial score (nSPS) is 15.8. The third kappa shape index (κ3) is 4.18. The van der Waals surface area contributed by atoms with E-state index in [0.29, 0.717) is 0 Å². The Bertz CT molecular complexity index is 413. The van der Waals surface area contributed by atoms with Crippen molar-refractivity contribution in [2.24, 2.45) is 0 Å². The van der Waals surface area contributed by atoms with Gasteiger partial charge in [0.15, 0.2) is 0 Å². The number of anilines is 1. The lowest BCUT2D eigenvalue weighted by Crippen LogP contribution is -2.32. The Kier molecular flexibility index (Phi) is 5.80. The van der Waals surface area contributed by atoms with E-state index in [9.17, 15) is 0 Å². The largest absolute Gasteiger partial charge is 0.358 e. The first kappa shape index (κ1) is 15.3. The monoisotopic (exact) mass is 276 g/mol. The van der Waals surface area contributed by atoms with Gasteiger partial charge in [0.05, 0.1) is 0 Å². The molecule has 1 aliphatic heterocycles. The van der Waals surface area contributed by atoms with Gasteiger partial charge in [-0.05, 0) is 56.6 Å². The number of rotatable bonds is 7. The van der Waals surface area contributed by atoms with Crippen molar-refractivity contribution in [3.05, 3.63) is 23.4 Å². The molecule has 4 nitrogen and oxygen atoms in total. The molecule has 0 spiro atoms. The minimum atomic E-state index is 0.905. The molecule has 1 aliphatic rings. The predicted molar refractivity (Wildman–Crippen MR) is 85.3 cm³/mol. The number of nitrogens with one attached hydrogen (secondary N) is 1. The molecule has 0 radical (unpaired) electrons. The maximum Gasteiger partial charge on any atom is 0.131 e. The van der Waals surface area contributed by atoms with Gasteiger partial charge >= 0.3 is 0 Å². The van der Waals surface area contributed by atoms with Crippen LogP contribution in [0.4, 0.5) is 5.82 Å². The lowest BCUT2D eigenvalue weighted by Gasteiger charge is -2.23. The first-order valence-corrected chi connectivity index (χ1v) is 7.80. The second-order valence-electron chi connectivity index (χ2n) is 5.73. The van der Waals surface area contributed by atoms with Gasteiger partial charge < -0.3 is 15.1 Å². The van der Waals surface area contributed by atoms with Crippen molar-refractivity contribution < 1.29 is 0 Å². The Balaban J connectivity index is 1.89. The fraction of sp³-hybridized carbons (Fsp3) is 0.688. The highest BCUT2D eigenvalue weighted by Crippen LogP contribution is 2.17. The van der Waals surface area contributed by atoms with Crippen LogP contribution in [0.15, 0.2) is 12.3 Å². The highest BCUT2D eigenvalue weighted by atomic mass is 15.2. The first-order valence-electron chi connectivity index (χ1n) is 7.80. The maximum absolute atomic E-state index is 4.64. The smallest absolute Gasteiger partial charge is 0.131 e. The van der Waals surface area contributed by atoms with Crippen LogP contribution in [0, 0.1) is 6.92 Å². The van der Waals surface area contributed by atoms with E-state index < -0.39 is 0 Å². The number of aryl methyl sites for hydroxylation is 1. The van der Waals surface area contributed by atoms with Gasteiger partial charge in [-0.3, -0.25) is 0 Å². The highest BCUT2D eigenvalue weighted by molar-refractivity contribution is 5.46. The van der Waals surface area contributed by atoms with Gasteiger partial charge in [-0.15, -0.1) is 0 Å². The average Bonchev–Trinajstić information content (AvgIpc) is 2.96. The fourth-order valence-electron chi connectivity index (χ4n) is 2.79. The van der Waals surface area contributed by atoms with Crippen molar-refractivity contribution in [3.8, 4) is 0 Å². The Morgan fingerprint density at radius 1 is 1.35 bits per heavy atom. The molecule has 1 aromatic rings. The first-order chi connectivity index (χ1) is 9.70. The van der Waals surface area contributed by atoms with Crippen molar-refractivity contribution in [3.63, 3.8) is 0 Å². The van der Waals surface area contributed by atoms with Crippen LogP contribution in [-0.2, 0) is 6.54 Å². The van der Waals surface area contributed by atoms with Gasteiger partial charge in [-0.25, -0.2) is 4.98 Å². The molecule has 2 rings (SSSR count). The number of pyridine rings is 1. The van der Waals surface area contributed by atoms with Crippen LogP contribution in [0.5, 0.6) is 0 Å². The number of aromatic nitrogens is 1. The predicted octanol–water partition coefficient (Wildman–Crippen LogP) is 2.03. The number of hydrogen-bond donors (Lipinski definition) is 1. The fourth-order valence-corrected chi connectivity index (χ4v) is 2.79. The van der Waals surface area contributed by atoms with Gasteiger partial charge in [-0.1, -0.05) is 6.92 Å². The third-order valence-electron chi connectivity index (χ3n) is 4.00. The zero-order valence-electron chi connectivity index (χ0n) is 13.2. The van der Waals surface area contributed by atoms with E-state index in [2.05, 4.69) is 47.1 Å². The Hall–Kier alpha value is -1.13. The number of hydrogen-bond acceptors (Lipinski definition) is 4. The summed E-state index contributed by atoms with van der Waals surface area (Å²) in [5.74, 6) is 1.12. The van der Waals surface area contributed by atoms with Gasteiger partial charge in [-0.2, -0.15) is 0 Å². The zero-order chi connectivity index (χ0) is 14.4. The molecule has 0 aliphatic carbocycles. The second-order valence-corrected chi connectivity index (χ2v) is 5.73. The summed E-state index contributed by atoms with van der Waals surface area (Å²) in [6, 6.07) is 2.25. The summed E-state index contributed by atoms with van der Waals surface area (Å²) >= 11 is 0. The molecular formula is C16H28N4. The molecule has 0 saturated carbocycles. The van der Waals surface area contributed by atoms with Crippen molar-refractivity contribution in [2.75, 3.05) is 44.7 Å². The van der Waals surface area contributed by atoms with Crippen LogP contribution in [-0.4, -0.2) is 49.7 Å². The van der Waals surface area contributed by atoms with Gasteiger partial charge in [0.25, 0.3) is 0 Å². The van der Waals surface area contributed by atoms with E-state index in [1.807, 2.05) is 6.20 Å². The molecule has 1 aromatic heterocycles. The van der Waals surface area contributed by atoms with E-state index in [1.165, 1.54) is 37.1 Å². The number of likely N-dealkylation sites (N-methyl/N-ethyl adjacent to an activating group) is 1. The maximum atomic E-state index is 4.64. The van der Waals surface area contributed by atoms with Gasteiger partial charge in [0.1, 0.15) is 5.82 Å². The summed E-state index contributed by atoms with van der Waals surface area (Å²) in [6.45, 7) is 10.9. The summed E-state index contributed by atoms with van der Waals surface area (Å²) in [7, 11) is 2.15. The molecule has 2 heterocycles. The van der Waals surface area contributed by atoms with E-state index in [-0.39, 0.29) is 0 Å². The summed E-state index contributed by atoms with van der Waals surface area (Å²) in [6.07, 6.45) is 4.72. The number of likely N-dealkylation sites (tertiary alicyclic amines) is 1. The van der Waals surface area contributed by atoms with E-state index in [4.69, 9.17) is 0 Å². The van der Waals surface area contributed by atoms with Crippen molar-refractivity contribution in [2.45, 2.75) is 33.2 Å². The van der Waals surface area contributed by atoms with Crippen LogP contribution in [0.3, 0.4) is 0 Å². The summed E-state index contributed by atoms with van der Waals surface area (Å²) in [5, 5.41) is 3.34. The Labute approximate surface area is 123 Å². The lowest BCUT2D eigenvalue weighted by molar-refractivity contribution is 0.346. The molecule has 1 saturated heterocycles. The number of nitrogens with zero attached hydrogens (tertiary/aromatic N) is 3. The van der Waals surface area contributed by atoms with Crippen molar-refractivity contribution in [1.82, 2.24) is 15.2 Å². The minimum absolute atomic E-state index is 0.905. The molecule has 1 fully saturated rings. The van der Waals surface area contributed by atoms with Gasteiger partial charge in [0.2, 0.25) is 0 Å². The average molecular weight is 276 g/mol. The summed E-state index contributed by atoms with van der Waals surface area (Å²) < 4.78 is 0. The topological polar surface area (TPSA) is 31.4 Å². The molecule has 0 aromatic carbocycles. The molecule has 20 heavy (non-hydrogen) atoms. The molecule has 0 amide bonds. The van der Waals surface area contributed by atoms with Crippen molar-refractivity contribution in [1.29, 1.82) is 0 Å². The molecule has 1 N–H and O–H groups in total. The Morgan fingerprint density at radius 3 is 2.75 bits per heavy atom.